The summed E-state index contributed by atoms with van der Waals surface area (Å²) in [7, 11) is 3.03. The van der Waals surface area contributed by atoms with Crippen molar-refractivity contribution in [1.29, 1.82) is 0 Å². The molecule has 0 aromatic carbocycles. The van der Waals surface area contributed by atoms with Gasteiger partial charge in [0.25, 0.3) is 5.56 Å². The first-order valence-corrected chi connectivity index (χ1v) is 5.96. The molecule has 1 aromatic heterocycles. The fourth-order valence-corrected chi connectivity index (χ4v) is 1.94. The monoisotopic (exact) mass is 276 g/mol. The van der Waals surface area contributed by atoms with Gasteiger partial charge in [0.1, 0.15) is 5.15 Å². The highest BCUT2D eigenvalue weighted by atomic mass is 35.5. The highest BCUT2D eigenvalue weighted by Crippen LogP contribution is 2.06. The van der Waals surface area contributed by atoms with E-state index >= 15 is 0 Å². The van der Waals surface area contributed by atoms with Crippen molar-refractivity contribution in [1.82, 2.24) is 9.55 Å². The van der Waals surface area contributed by atoms with Crippen LogP contribution in [0.3, 0.4) is 0 Å². The maximum absolute atomic E-state index is 12.1. The van der Waals surface area contributed by atoms with Gasteiger partial charge in [-0.15, -0.1) is 0 Å². The maximum Gasteiger partial charge on any atom is 0.329 e. The largest absolute Gasteiger partial charge is 0.382 e. The summed E-state index contributed by atoms with van der Waals surface area (Å²) in [5.41, 5.74) is -0.534. The van der Waals surface area contributed by atoms with E-state index in [9.17, 15) is 9.59 Å². The van der Waals surface area contributed by atoms with Crippen LogP contribution in [0.25, 0.3) is 0 Å². The summed E-state index contributed by atoms with van der Waals surface area (Å²) < 4.78 is 11.2. The number of halogens is 1. The van der Waals surface area contributed by atoms with Crippen molar-refractivity contribution < 1.29 is 9.47 Å². The van der Waals surface area contributed by atoms with E-state index in [1.807, 2.05) is 0 Å². The molecule has 0 aliphatic heterocycles. The summed E-state index contributed by atoms with van der Waals surface area (Å²) in [5.74, 6) is 0. The lowest BCUT2D eigenvalue weighted by molar-refractivity contribution is 0.0170. The minimum atomic E-state index is -0.541. The van der Waals surface area contributed by atoms with Gasteiger partial charge in [0.05, 0.1) is 24.8 Å². The third kappa shape index (κ3) is 3.22. The lowest BCUT2D eigenvalue weighted by atomic mass is 10.2. The minimum Gasteiger partial charge on any atom is -0.382 e. The predicted molar refractivity (Wildman–Crippen MR) is 68.4 cm³/mol. The Hall–Kier alpha value is -1.11. The lowest BCUT2D eigenvalue weighted by Gasteiger charge is -2.15. The number of rotatable bonds is 6. The van der Waals surface area contributed by atoms with Crippen LogP contribution in [0.5, 0.6) is 0 Å². The number of nitrogens with zero attached hydrogens (tertiary/aromatic N) is 1. The van der Waals surface area contributed by atoms with Crippen LogP contribution >= 0.6 is 11.6 Å². The van der Waals surface area contributed by atoms with E-state index in [2.05, 4.69) is 4.98 Å². The maximum atomic E-state index is 12.1. The first-order valence-electron chi connectivity index (χ1n) is 5.58. The zero-order valence-electron chi connectivity index (χ0n) is 10.7. The highest BCUT2D eigenvalue weighted by molar-refractivity contribution is 6.30. The van der Waals surface area contributed by atoms with E-state index in [1.165, 1.54) is 14.2 Å². The molecule has 0 fully saturated rings. The molecule has 6 nitrogen and oxygen atoms in total. The van der Waals surface area contributed by atoms with Crippen molar-refractivity contribution in [3.8, 4) is 0 Å². The fraction of sp³-hybridized carbons (Fsp3) is 0.636. The average Bonchev–Trinajstić information content (AvgIpc) is 2.33. The number of nitrogens with one attached hydrogen (secondary N) is 1. The van der Waals surface area contributed by atoms with E-state index in [-0.39, 0.29) is 23.4 Å². The molecule has 0 spiro atoms. The van der Waals surface area contributed by atoms with Gasteiger partial charge in [-0.05, 0) is 6.42 Å². The molecule has 0 saturated heterocycles. The minimum absolute atomic E-state index is 0.101. The second-order valence-corrected chi connectivity index (χ2v) is 4.18. The zero-order valence-corrected chi connectivity index (χ0v) is 11.4. The summed E-state index contributed by atoms with van der Waals surface area (Å²) in [5, 5.41) is 0.101. The van der Waals surface area contributed by atoms with Gasteiger partial charge in [0, 0.05) is 14.2 Å². The van der Waals surface area contributed by atoms with E-state index in [4.69, 9.17) is 21.1 Å². The van der Waals surface area contributed by atoms with Crippen LogP contribution in [0.1, 0.15) is 12.5 Å². The Kier molecular flexibility index (Phi) is 5.58. The molecule has 1 unspecified atom stereocenters. The van der Waals surface area contributed by atoms with E-state index in [0.29, 0.717) is 18.6 Å². The molecule has 0 amide bonds. The van der Waals surface area contributed by atoms with Gasteiger partial charge in [-0.1, -0.05) is 18.5 Å². The molecule has 0 aliphatic carbocycles. The van der Waals surface area contributed by atoms with Crippen LogP contribution in [0.2, 0.25) is 5.15 Å². The molecule has 7 heteroatoms. The van der Waals surface area contributed by atoms with Crippen molar-refractivity contribution in [3.05, 3.63) is 31.6 Å². The molecular weight excluding hydrogens is 260 g/mol. The van der Waals surface area contributed by atoms with Gasteiger partial charge in [-0.25, -0.2) is 4.79 Å². The lowest BCUT2D eigenvalue weighted by Crippen LogP contribution is -2.41. The Labute approximate surface area is 109 Å². The van der Waals surface area contributed by atoms with Crippen molar-refractivity contribution in [2.45, 2.75) is 26.0 Å². The van der Waals surface area contributed by atoms with Gasteiger partial charge in [-0.3, -0.25) is 14.3 Å². The van der Waals surface area contributed by atoms with E-state index in [1.54, 1.807) is 6.92 Å². The Morgan fingerprint density at radius 3 is 2.56 bits per heavy atom. The van der Waals surface area contributed by atoms with Gasteiger partial charge < -0.3 is 9.47 Å². The molecule has 0 aliphatic rings. The second-order valence-electron chi connectivity index (χ2n) is 3.81. The molecule has 0 bridgehead atoms. The predicted octanol–water partition coefficient (Wildman–Crippen LogP) is 0.414. The average molecular weight is 277 g/mol. The first-order chi connectivity index (χ1) is 8.54. The molecule has 1 heterocycles. The second kappa shape index (κ2) is 6.72. The highest BCUT2D eigenvalue weighted by Gasteiger charge is 2.15. The van der Waals surface area contributed by atoms with Crippen molar-refractivity contribution in [2.75, 3.05) is 20.8 Å². The van der Waals surface area contributed by atoms with Crippen molar-refractivity contribution in [3.63, 3.8) is 0 Å². The van der Waals surface area contributed by atoms with Gasteiger partial charge >= 0.3 is 5.69 Å². The third-order valence-electron chi connectivity index (χ3n) is 2.66. The Morgan fingerprint density at radius 1 is 1.39 bits per heavy atom. The topological polar surface area (TPSA) is 73.3 Å². The number of hydrogen-bond donors (Lipinski definition) is 1. The van der Waals surface area contributed by atoms with Gasteiger partial charge in [0.15, 0.2) is 0 Å². The summed E-state index contributed by atoms with van der Waals surface area (Å²) >= 11 is 5.81. The van der Waals surface area contributed by atoms with E-state index < -0.39 is 5.69 Å². The summed E-state index contributed by atoms with van der Waals surface area (Å²) in [6.07, 6.45) is 0.0933. The summed E-state index contributed by atoms with van der Waals surface area (Å²) in [4.78, 5) is 26.2. The molecular formula is C11H17ClN2O4. The van der Waals surface area contributed by atoms with Crippen molar-refractivity contribution >= 4 is 11.6 Å². The van der Waals surface area contributed by atoms with Crippen LogP contribution < -0.4 is 11.2 Å². The van der Waals surface area contributed by atoms with Crippen LogP contribution in [0.15, 0.2) is 9.59 Å². The van der Waals surface area contributed by atoms with Crippen LogP contribution in [-0.4, -0.2) is 36.5 Å². The summed E-state index contributed by atoms with van der Waals surface area (Å²) in [6.45, 7) is 2.23. The SMILES string of the molecule is CCc1c(Cl)[nH]c(=O)n(CC(COC)OC)c1=O. The number of aromatic nitrogens is 2. The summed E-state index contributed by atoms with van der Waals surface area (Å²) in [6, 6.07) is 0. The smallest absolute Gasteiger partial charge is 0.329 e. The third-order valence-corrected chi connectivity index (χ3v) is 2.98. The Morgan fingerprint density at radius 2 is 2.06 bits per heavy atom. The number of hydrogen-bond acceptors (Lipinski definition) is 4. The Bertz CT molecular complexity index is 509. The van der Waals surface area contributed by atoms with E-state index in [0.717, 1.165) is 4.57 Å². The molecule has 0 radical (unpaired) electrons. The molecule has 1 aromatic rings. The zero-order chi connectivity index (χ0) is 13.7. The molecule has 18 heavy (non-hydrogen) atoms. The molecule has 1 rings (SSSR count). The van der Waals surface area contributed by atoms with Crippen LogP contribution in [0, 0.1) is 0 Å². The number of methoxy groups -OCH3 is 2. The molecule has 102 valence electrons. The fourth-order valence-electron chi connectivity index (χ4n) is 1.64. The molecule has 0 saturated carbocycles. The number of H-pyrrole nitrogens is 1. The number of ether oxygens (including phenoxy) is 2. The van der Waals surface area contributed by atoms with Gasteiger partial charge in [-0.2, -0.15) is 0 Å². The van der Waals surface area contributed by atoms with Crippen LogP contribution in [0.4, 0.5) is 0 Å². The normalized spacial score (nSPS) is 12.7. The molecule has 1 N–H and O–H groups in total. The van der Waals surface area contributed by atoms with Crippen molar-refractivity contribution in [2.24, 2.45) is 0 Å². The van der Waals surface area contributed by atoms with Crippen LogP contribution in [-0.2, 0) is 22.4 Å². The quantitative estimate of drug-likeness (QED) is 0.764. The standard InChI is InChI=1S/C11H17ClN2O4/c1-4-8-9(12)13-11(16)14(10(8)15)5-7(18-3)6-17-2/h7H,4-6H2,1-3H3,(H,13,16). The molecule has 1 atom stereocenters. The first kappa shape index (κ1) is 14.9. The number of aromatic amines is 1. The Balaban J connectivity index is 3.17. The van der Waals surface area contributed by atoms with Gasteiger partial charge in [0.2, 0.25) is 0 Å².